The van der Waals surface area contributed by atoms with Gasteiger partial charge in [-0.3, -0.25) is 0 Å². The highest BCUT2D eigenvalue weighted by Gasteiger charge is 2.11. The second-order valence-corrected chi connectivity index (χ2v) is 5.40. The highest BCUT2D eigenvalue weighted by Crippen LogP contribution is 2.31. The van der Waals surface area contributed by atoms with Crippen molar-refractivity contribution >= 4 is 5.69 Å². The smallest absolute Gasteiger partial charge is 0.162 e. The summed E-state index contributed by atoms with van der Waals surface area (Å²) in [7, 11) is 2.03. The second kappa shape index (κ2) is 6.53. The van der Waals surface area contributed by atoms with Gasteiger partial charge in [-0.2, -0.15) is 0 Å². The summed E-state index contributed by atoms with van der Waals surface area (Å²) in [6, 6.07) is 12.1. The normalized spacial score (nSPS) is 10.5. The van der Waals surface area contributed by atoms with Crippen molar-refractivity contribution in [3.05, 3.63) is 53.1 Å². The minimum Gasteiger partial charge on any atom is -0.504 e. The number of anilines is 1. The van der Waals surface area contributed by atoms with E-state index >= 15 is 0 Å². The van der Waals surface area contributed by atoms with E-state index in [0.717, 1.165) is 11.3 Å². The van der Waals surface area contributed by atoms with Gasteiger partial charge in [0.25, 0.3) is 0 Å². The monoisotopic (exact) mass is 285 g/mol. The van der Waals surface area contributed by atoms with Crippen molar-refractivity contribution in [2.45, 2.75) is 27.3 Å². The Morgan fingerprint density at radius 2 is 1.76 bits per heavy atom. The minimum atomic E-state index is 0.232. The maximum Gasteiger partial charge on any atom is 0.162 e. The maximum absolute atomic E-state index is 10.3. The largest absolute Gasteiger partial charge is 0.504 e. The highest BCUT2D eigenvalue weighted by molar-refractivity contribution is 5.53. The summed E-state index contributed by atoms with van der Waals surface area (Å²) in [5, 5.41) is 10.3. The highest BCUT2D eigenvalue weighted by atomic mass is 16.5. The first-order valence-corrected chi connectivity index (χ1v) is 7.24. The fourth-order valence-electron chi connectivity index (χ4n) is 2.49. The number of benzene rings is 2. The molecule has 0 saturated carbocycles. The fraction of sp³-hybridized carbons (Fsp3) is 0.333. The average molecular weight is 285 g/mol. The van der Waals surface area contributed by atoms with Crippen molar-refractivity contribution in [3.8, 4) is 11.5 Å². The van der Waals surface area contributed by atoms with Crippen LogP contribution in [0.5, 0.6) is 11.5 Å². The number of aryl methyl sites for hydroxylation is 2. The van der Waals surface area contributed by atoms with Gasteiger partial charge in [-0.05, 0) is 50.1 Å². The summed E-state index contributed by atoms with van der Waals surface area (Å²) in [5.74, 6) is 0.777. The van der Waals surface area contributed by atoms with E-state index in [2.05, 4.69) is 36.9 Å². The molecule has 0 heterocycles. The molecule has 0 spiro atoms. The van der Waals surface area contributed by atoms with Crippen molar-refractivity contribution in [2.75, 3.05) is 18.6 Å². The molecular weight excluding hydrogens is 262 g/mol. The molecule has 0 radical (unpaired) electrons. The lowest BCUT2D eigenvalue weighted by Gasteiger charge is -2.21. The Bertz CT molecular complexity index is 602. The Hall–Kier alpha value is -2.16. The molecule has 0 aliphatic rings. The van der Waals surface area contributed by atoms with E-state index in [9.17, 15) is 5.11 Å². The van der Waals surface area contributed by atoms with Crippen molar-refractivity contribution in [2.24, 2.45) is 0 Å². The van der Waals surface area contributed by atoms with E-state index in [4.69, 9.17) is 4.74 Å². The Kier molecular flexibility index (Phi) is 4.73. The maximum atomic E-state index is 10.3. The molecule has 2 aromatic carbocycles. The van der Waals surface area contributed by atoms with Gasteiger partial charge in [0.05, 0.1) is 6.61 Å². The van der Waals surface area contributed by atoms with Gasteiger partial charge in [0.2, 0.25) is 0 Å². The van der Waals surface area contributed by atoms with Gasteiger partial charge in [0.1, 0.15) is 0 Å². The van der Waals surface area contributed by atoms with Gasteiger partial charge in [-0.1, -0.05) is 18.2 Å². The number of aromatic hydroxyl groups is 1. The van der Waals surface area contributed by atoms with Crippen LogP contribution in [0.1, 0.15) is 23.6 Å². The van der Waals surface area contributed by atoms with E-state index in [0.29, 0.717) is 18.9 Å². The molecule has 0 atom stereocenters. The molecule has 3 nitrogen and oxygen atoms in total. The van der Waals surface area contributed by atoms with Gasteiger partial charge in [0.15, 0.2) is 11.5 Å². The Labute approximate surface area is 126 Å². The van der Waals surface area contributed by atoms with Gasteiger partial charge < -0.3 is 14.7 Å². The van der Waals surface area contributed by atoms with E-state index in [1.807, 2.05) is 26.1 Å². The molecule has 2 rings (SSSR count). The SMILES string of the molecule is CCOc1cccc(CN(C)c2cc(C)cc(C)c2)c1O. The van der Waals surface area contributed by atoms with E-state index in [-0.39, 0.29) is 5.75 Å². The van der Waals surface area contributed by atoms with E-state index < -0.39 is 0 Å². The third-order valence-electron chi connectivity index (χ3n) is 3.44. The number of hydrogen-bond donors (Lipinski definition) is 1. The number of phenolic OH excluding ortho intramolecular Hbond substituents is 1. The zero-order valence-electron chi connectivity index (χ0n) is 13.2. The first-order chi connectivity index (χ1) is 10.0. The summed E-state index contributed by atoms with van der Waals surface area (Å²) in [4.78, 5) is 2.13. The molecule has 0 aliphatic heterocycles. The molecule has 112 valence electrons. The number of rotatable bonds is 5. The van der Waals surface area contributed by atoms with Crippen LogP contribution in [0, 0.1) is 13.8 Å². The van der Waals surface area contributed by atoms with Gasteiger partial charge in [0, 0.05) is 24.8 Å². The first-order valence-electron chi connectivity index (χ1n) is 7.24. The van der Waals surface area contributed by atoms with E-state index in [1.54, 1.807) is 6.07 Å². The first kappa shape index (κ1) is 15.2. The van der Waals surface area contributed by atoms with Gasteiger partial charge >= 0.3 is 0 Å². The molecule has 0 saturated heterocycles. The second-order valence-electron chi connectivity index (χ2n) is 5.40. The zero-order valence-corrected chi connectivity index (χ0v) is 13.2. The molecule has 0 bridgehead atoms. The summed E-state index contributed by atoms with van der Waals surface area (Å²) in [6.07, 6.45) is 0. The van der Waals surface area contributed by atoms with Crippen molar-refractivity contribution in [1.29, 1.82) is 0 Å². The molecule has 21 heavy (non-hydrogen) atoms. The zero-order chi connectivity index (χ0) is 15.4. The summed E-state index contributed by atoms with van der Waals surface area (Å²) in [5.41, 5.74) is 4.49. The Morgan fingerprint density at radius 1 is 1.10 bits per heavy atom. The molecule has 0 aromatic heterocycles. The molecule has 3 heteroatoms. The quantitative estimate of drug-likeness (QED) is 0.899. The average Bonchev–Trinajstić information content (AvgIpc) is 2.42. The van der Waals surface area contributed by atoms with Crippen LogP contribution in [-0.2, 0) is 6.54 Å². The molecule has 0 aliphatic carbocycles. The fourth-order valence-corrected chi connectivity index (χ4v) is 2.49. The Morgan fingerprint density at radius 3 is 2.38 bits per heavy atom. The van der Waals surface area contributed by atoms with Gasteiger partial charge in [-0.15, -0.1) is 0 Å². The molecule has 0 amide bonds. The standard InChI is InChI=1S/C18H23NO2/c1-5-21-17-8-6-7-15(18(17)20)12-19(4)16-10-13(2)9-14(3)11-16/h6-11,20H,5,12H2,1-4H3. The minimum absolute atomic E-state index is 0.232. The van der Waals surface area contributed by atoms with E-state index in [1.165, 1.54) is 11.1 Å². The number of ether oxygens (including phenoxy) is 1. The predicted octanol–water partition coefficient (Wildman–Crippen LogP) is 4.04. The van der Waals surface area contributed by atoms with Crippen LogP contribution in [0.15, 0.2) is 36.4 Å². The number of nitrogens with zero attached hydrogens (tertiary/aromatic N) is 1. The van der Waals surface area contributed by atoms with Crippen LogP contribution < -0.4 is 9.64 Å². The number of phenols is 1. The van der Waals surface area contributed by atoms with Crippen LogP contribution in [0.2, 0.25) is 0 Å². The van der Waals surface area contributed by atoms with Crippen molar-refractivity contribution in [3.63, 3.8) is 0 Å². The van der Waals surface area contributed by atoms with Crippen LogP contribution in [0.4, 0.5) is 5.69 Å². The molecule has 0 unspecified atom stereocenters. The van der Waals surface area contributed by atoms with Crippen LogP contribution in [0.25, 0.3) is 0 Å². The Balaban J connectivity index is 2.23. The summed E-state index contributed by atoms with van der Waals surface area (Å²) < 4.78 is 5.43. The lowest BCUT2D eigenvalue weighted by molar-refractivity contribution is 0.316. The molecular formula is C18H23NO2. The molecule has 1 N–H and O–H groups in total. The number of hydrogen-bond acceptors (Lipinski definition) is 3. The van der Waals surface area contributed by atoms with Crippen molar-refractivity contribution in [1.82, 2.24) is 0 Å². The lowest BCUT2D eigenvalue weighted by Crippen LogP contribution is -2.16. The predicted molar refractivity (Wildman–Crippen MR) is 87.3 cm³/mol. The molecule has 0 fully saturated rings. The van der Waals surface area contributed by atoms with Gasteiger partial charge in [-0.25, -0.2) is 0 Å². The lowest BCUT2D eigenvalue weighted by atomic mass is 10.1. The van der Waals surface area contributed by atoms with Crippen LogP contribution >= 0.6 is 0 Å². The summed E-state index contributed by atoms with van der Waals surface area (Å²) >= 11 is 0. The third kappa shape index (κ3) is 3.69. The van der Waals surface area contributed by atoms with Crippen molar-refractivity contribution < 1.29 is 9.84 Å². The summed E-state index contributed by atoms with van der Waals surface area (Å²) in [6.45, 7) is 7.28. The third-order valence-corrected chi connectivity index (χ3v) is 3.44. The van der Waals surface area contributed by atoms with Crippen LogP contribution in [0.3, 0.4) is 0 Å². The number of para-hydroxylation sites is 1. The van der Waals surface area contributed by atoms with Crippen LogP contribution in [-0.4, -0.2) is 18.8 Å². The topological polar surface area (TPSA) is 32.7 Å². The molecule has 2 aromatic rings.